The number of furan rings is 1. The molecule has 1 fully saturated rings. The zero-order valence-corrected chi connectivity index (χ0v) is 15.6. The molecule has 1 unspecified atom stereocenters. The van der Waals surface area contributed by atoms with Gasteiger partial charge < -0.3 is 23.8 Å². The van der Waals surface area contributed by atoms with E-state index in [1.807, 2.05) is 18.2 Å². The van der Waals surface area contributed by atoms with Gasteiger partial charge in [0.25, 0.3) is 11.5 Å². The number of ether oxygens (including phenoxy) is 2. The van der Waals surface area contributed by atoms with E-state index >= 15 is 0 Å². The molecule has 1 aromatic carbocycles. The highest BCUT2D eigenvalue weighted by Gasteiger charge is 2.25. The van der Waals surface area contributed by atoms with Gasteiger partial charge in [-0.1, -0.05) is 0 Å². The summed E-state index contributed by atoms with van der Waals surface area (Å²) >= 11 is 0. The van der Waals surface area contributed by atoms with Crippen molar-refractivity contribution in [1.29, 1.82) is 0 Å². The summed E-state index contributed by atoms with van der Waals surface area (Å²) in [7, 11) is 1.58. The molecule has 7 nitrogen and oxygen atoms in total. The number of nitrogens with zero attached hydrogens (tertiary/aromatic N) is 1. The maximum atomic E-state index is 12.9. The lowest BCUT2D eigenvalue weighted by atomic mass is 10.1. The largest absolute Gasteiger partial charge is 0.497 e. The molecule has 4 rings (SSSR count). The molecule has 0 spiro atoms. The van der Waals surface area contributed by atoms with Crippen molar-refractivity contribution in [2.24, 2.45) is 0 Å². The third-order valence-corrected chi connectivity index (χ3v) is 4.96. The number of carbonyl (C=O) groups excluding carboxylic acids is 1. The lowest BCUT2D eigenvalue weighted by Crippen LogP contribution is -2.38. The van der Waals surface area contributed by atoms with Crippen LogP contribution in [0.3, 0.4) is 0 Å². The Morgan fingerprint density at radius 2 is 2.21 bits per heavy atom. The number of methoxy groups -OCH3 is 1. The molecular formula is C21H22N2O5. The molecule has 1 aliphatic rings. The fourth-order valence-corrected chi connectivity index (χ4v) is 3.48. The second-order valence-corrected chi connectivity index (χ2v) is 6.87. The van der Waals surface area contributed by atoms with Crippen molar-refractivity contribution in [2.45, 2.75) is 25.5 Å². The van der Waals surface area contributed by atoms with Crippen LogP contribution in [0.2, 0.25) is 0 Å². The van der Waals surface area contributed by atoms with Gasteiger partial charge >= 0.3 is 0 Å². The molecule has 0 bridgehead atoms. The van der Waals surface area contributed by atoms with Crippen LogP contribution in [0.5, 0.6) is 5.75 Å². The van der Waals surface area contributed by atoms with E-state index in [9.17, 15) is 9.59 Å². The van der Waals surface area contributed by atoms with Gasteiger partial charge in [-0.05, 0) is 48.6 Å². The van der Waals surface area contributed by atoms with Gasteiger partial charge in [0.05, 0.1) is 31.5 Å². The lowest BCUT2D eigenvalue weighted by Gasteiger charge is -2.24. The molecule has 1 N–H and O–H groups in total. The van der Waals surface area contributed by atoms with Crippen LogP contribution in [0.1, 0.15) is 29.0 Å². The van der Waals surface area contributed by atoms with Gasteiger partial charge in [-0.2, -0.15) is 0 Å². The molecule has 0 aliphatic carbocycles. The molecule has 146 valence electrons. The minimum atomic E-state index is -0.255. The average Bonchev–Trinajstić information content (AvgIpc) is 3.41. The van der Waals surface area contributed by atoms with Crippen molar-refractivity contribution in [1.82, 2.24) is 9.88 Å². The number of carbonyl (C=O) groups is 1. The molecule has 1 atom stereocenters. The van der Waals surface area contributed by atoms with Crippen LogP contribution in [0.15, 0.2) is 51.9 Å². The molecule has 2 aromatic heterocycles. The van der Waals surface area contributed by atoms with Gasteiger partial charge in [-0.25, -0.2) is 0 Å². The number of fused-ring (bicyclic) bond motifs is 1. The third-order valence-electron chi connectivity index (χ3n) is 4.96. The zero-order valence-electron chi connectivity index (χ0n) is 15.6. The molecule has 1 amide bonds. The quantitative estimate of drug-likeness (QED) is 0.709. The molecule has 0 saturated carbocycles. The van der Waals surface area contributed by atoms with Crippen LogP contribution in [0.25, 0.3) is 10.9 Å². The number of rotatable bonds is 6. The Morgan fingerprint density at radius 1 is 1.32 bits per heavy atom. The first kappa shape index (κ1) is 18.3. The normalized spacial score (nSPS) is 16.4. The minimum absolute atomic E-state index is 0.0253. The molecule has 0 radical (unpaired) electrons. The van der Waals surface area contributed by atoms with Crippen LogP contribution in [-0.2, 0) is 11.3 Å². The lowest BCUT2D eigenvalue weighted by molar-refractivity contribution is 0.0483. The van der Waals surface area contributed by atoms with Crippen LogP contribution in [0, 0.1) is 0 Å². The molecule has 28 heavy (non-hydrogen) atoms. The van der Waals surface area contributed by atoms with Gasteiger partial charge in [0.2, 0.25) is 0 Å². The summed E-state index contributed by atoms with van der Waals surface area (Å²) in [6.07, 6.45) is 3.32. The summed E-state index contributed by atoms with van der Waals surface area (Å²) in [5.74, 6) is 0.665. The fourth-order valence-electron chi connectivity index (χ4n) is 3.48. The van der Waals surface area contributed by atoms with Gasteiger partial charge in [-0.15, -0.1) is 0 Å². The monoisotopic (exact) mass is 382 g/mol. The molecule has 7 heteroatoms. The first-order valence-electron chi connectivity index (χ1n) is 9.28. The van der Waals surface area contributed by atoms with Crippen LogP contribution >= 0.6 is 0 Å². The highest BCUT2D eigenvalue weighted by molar-refractivity contribution is 5.91. The number of amides is 1. The zero-order chi connectivity index (χ0) is 19.5. The fraction of sp³-hybridized carbons (Fsp3) is 0.333. The van der Waals surface area contributed by atoms with Crippen molar-refractivity contribution in [3.63, 3.8) is 0 Å². The smallest absolute Gasteiger partial charge is 0.289 e. The SMILES string of the molecule is COc1ccc2cc(CN(CC3CCCO3)C(=O)c3ccco3)c(=O)[nH]c2c1. The molecule has 3 aromatic rings. The maximum Gasteiger partial charge on any atom is 0.289 e. The van der Waals surface area contributed by atoms with E-state index in [2.05, 4.69) is 4.98 Å². The van der Waals surface area contributed by atoms with E-state index in [0.717, 1.165) is 18.2 Å². The standard InChI is InChI=1S/C21H22N2O5/c1-26-16-7-6-14-10-15(20(24)22-18(14)11-16)12-23(13-17-4-2-8-27-17)21(25)19-5-3-9-28-19/h3,5-7,9-11,17H,2,4,8,12-13H2,1H3,(H,22,24). The number of aromatic amines is 1. The summed E-state index contributed by atoms with van der Waals surface area (Å²) in [4.78, 5) is 30.0. The minimum Gasteiger partial charge on any atom is -0.497 e. The van der Waals surface area contributed by atoms with Crippen LogP contribution < -0.4 is 10.3 Å². The van der Waals surface area contributed by atoms with E-state index in [4.69, 9.17) is 13.9 Å². The Morgan fingerprint density at radius 3 is 2.93 bits per heavy atom. The Hall–Kier alpha value is -3.06. The summed E-state index contributed by atoms with van der Waals surface area (Å²) in [5.41, 5.74) is 0.969. The summed E-state index contributed by atoms with van der Waals surface area (Å²) in [6.45, 7) is 1.29. The summed E-state index contributed by atoms with van der Waals surface area (Å²) in [6, 6.07) is 10.6. The maximum absolute atomic E-state index is 12.9. The van der Waals surface area contributed by atoms with Gasteiger partial charge in [-0.3, -0.25) is 9.59 Å². The van der Waals surface area contributed by atoms with E-state index in [1.165, 1.54) is 6.26 Å². The molecule has 3 heterocycles. The van der Waals surface area contributed by atoms with E-state index in [-0.39, 0.29) is 29.9 Å². The van der Waals surface area contributed by atoms with Gasteiger partial charge in [0.15, 0.2) is 5.76 Å². The second kappa shape index (κ2) is 7.90. The van der Waals surface area contributed by atoms with Crippen LogP contribution in [-0.4, -0.2) is 42.2 Å². The molecule has 1 saturated heterocycles. The van der Waals surface area contributed by atoms with E-state index < -0.39 is 0 Å². The Balaban J connectivity index is 1.64. The van der Waals surface area contributed by atoms with Crippen molar-refractivity contribution in [3.8, 4) is 5.75 Å². The Bertz CT molecular complexity index is 1020. The predicted octanol–water partition coefficient (Wildman–Crippen LogP) is 2.95. The highest BCUT2D eigenvalue weighted by Crippen LogP contribution is 2.20. The number of aromatic nitrogens is 1. The number of hydrogen-bond acceptors (Lipinski definition) is 5. The Labute approximate surface area is 161 Å². The van der Waals surface area contributed by atoms with E-state index in [1.54, 1.807) is 30.2 Å². The topological polar surface area (TPSA) is 84.8 Å². The van der Waals surface area contributed by atoms with E-state index in [0.29, 0.717) is 30.0 Å². The number of benzene rings is 1. The van der Waals surface area contributed by atoms with Crippen molar-refractivity contribution in [3.05, 3.63) is 64.3 Å². The first-order valence-corrected chi connectivity index (χ1v) is 9.28. The number of pyridine rings is 1. The van der Waals surface area contributed by atoms with Gasteiger partial charge in [0.1, 0.15) is 5.75 Å². The summed E-state index contributed by atoms with van der Waals surface area (Å²) < 4.78 is 16.2. The average molecular weight is 382 g/mol. The number of nitrogens with one attached hydrogen (secondary N) is 1. The number of H-pyrrole nitrogens is 1. The third kappa shape index (κ3) is 3.80. The number of hydrogen-bond donors (Lipinski definition) is 1. The highest BCUT2D eigenvalue weighted by atomic mass is 16.5. The molecule has 1 aliphatic heterocycles. The van der Waals surface area contributed by atoms with Crippen molar-refractivity contribution < 1.29 is 18.7 Å². The van der Waals surface area contributed by atoms with Gasteiger partial charge in [0, 0.05) is 24.8 Å². The van der Waals surface area contributed by atoms with Crippen molar-refractivity contribution >= 4 is 16.8 Å². The van der Waals surface area contributed by atoms with Crippen molar-refractivity contribution in [2.75, 3.05) is 20.3 Å². The molecular weight excluding hydrogens is 360 g/mol. The Kier molecular flexibility index (Phi) is 5.16. The predicted molar refractivity (Wildman–Crippen MR) is 104 cm³/mol. The van der Waals surface area contributed by atoms with Crippen LogP contribution in [0.4, 0.5) is 0 Å². The first-order chi connectivity index (χ1) is 13.6. The second-order valence-electron chi connectivity index (χ2n) is 6.87. The summed E-state index contributed by atoms with van der Waals surface area (Å²) in [5, 5.41) is 0.873.